The first kappa shape index (κ1) is 32.1. The first-order valence-corrected chi connectivity index (χ1v) is 15.6. The van der Waals surface area contributed by atoms with Crippen LogP contribution in [0.3, 0.4) is 0 Å². The number of nitrogens with one attached hydrogen (secondary N) is 1. The van der Waals surface area contributed by atoms with Crippen molar-refractivity contribution in [1.29, 1.82) is 0 Å². The number of aryl methyl sites for hydroxylation is 1. The maximum absolute atomic E-state index is 14.5. The largest absolute Gasteiger partial charge is 0.496 e. The van der Waals surface area contributed by atoms with E-state index < -0.39 is 23.7 Å². The van der Waals surface area contributed by atoms with Crippen LogP contribution >= 0.6 is 0 Å². The zero-order chi connectivity index (χ0) is 31.9. The topological polar surface area (TPSA) is 88.1 Å². The summed E-state index contributed by atoms with van der Waals surface area (Å²) in [5.74, 6) is -1.90. The van der Waals surface area contributed by atoms with E-state index in [1.54, 1.807) is 20.1 Å². The number of amides is 1. The zero-order valence-corrected chi connectivity index (χ0v) is 26.2. The number of rotatable bonds is 12. The number of likely N-dealkylation sites (tertiary alicyclic amines) is 1. The van der Waals surface area contributed by atoms with Crippen LogP contribution in [-0.2, 0) is 29.1 Å². The maximum Gasteiger partial charge on any atom is 0.326 e. The van der Waals surface area contributed by atoms with Gasteiger partial charge in [-0.25, -0.2) is 9.18 Å². The van der Waals surface area contributed by atoms with Gasteiger partial charge in [-0.15, -0.1) is 0 Å². The molecule has 45 heavy (non-hydrogen) atoms. The van der Waals surface area contributed by atoms with Crippen LogP contribution < -0.4 is 10.1 Å². The quantitative estimate of drug-likeness (QED) is 0.181. The van der Waals surface area contributed by atoms with E-state index in [9.17, 15) is 19.1 Å². The molecule has 0 bridgehead atoms. The highest BCUT2D eigenvalue weighted by Crippen LogP contribution is 2.39. The number of aliphatic carboxylic acids is 1. The fourth-order valence-electron chi connectivity index (χ4n) is 6.26. The molecule has 1 aliphatic rings. The first-order chi connectivity index (χ1) is 21.8. The molecule has 4 aromatic carbocycles. The van der Waals surface area contributed by atoms with Crippen molar-refractivity contribution < 1.29 is 28.6 Å². The minimum absolute atomic E-state index is 0.0278. The summed E-state index contributed by atoms with van der Waals surface area (Å²) in [4.78, 5) is 27.8. The second-order valence-corrected chi connectivity index (χ2v) is 11.6. The van der Waals surface area contributed by atoms with Gasteiger partial charge in [0.25, 0.3) is 5.91 Å². The smallest absolute Gasteiger partial charge is 0.326 e. The molecule has 8 heteroatoms. The minimum atomic E-state index is -1.26. The number of nitrogens with zero attached hydrogens (tertiary/aromatic N) is 1. The summed E-state index contributed by atoms with van der Waals surface area (Å²) in [6.45, 7) is 7.72. The lowest BCUT2D eigenvalue weighted by Crippen LogP contribution is -2.42. The summed E-state index contributed by atoms with van der Waals surface area (Å²) < 4.78 is 26.2. The molecule has 0 radical (unpaired) electrons. The SMILES string of the molecule is CCOCc1cc(OC)c(-c2cccc3c(C[C@H](NC(=O)c4c(C)cccc4F)C(=O)O)cccc23)cc1CN1CCCCC1. The molecule has 1 atom stereocenters. The van der Waals surface area contributed by atoms with Crippen LogP contribution in [0.2, 0.25) is 0 Å². The number of methoxy groups -OCH3 is 1. The van der Waals surface area contributed by atoms with Crippen molar-refractivity contribution in [3.05, 3.63) is 100 Å². The summed E-state index contributed by atoms with van der Waals surface area (Å²) >= 11 is 0. The van der Waals surface area contributed by atoms with Crippen LogP contribution in [0.15, 0.2) is 66.7 Å². The van der Waals surface area contributed by atoms with Gasteiger partial charge in [-0.05, 0) is 96.6 Å². The van der Waals surface area contributed by atoms with Crippen LogP contribution in [0.1, 0.15) is 58.8 Å². The van der Waals surface area contributed by atoms with E-state index in [0.29, 0.717) is 18.8 Å². The molecule has 7 nitrogen and oxygen atoms in total. The summed E-state index contributed by atoms with van der Waals surface area (Å²) in [6, 6.07) is 19.1. The minimum Gasteiger partial charge on any atom is -0.496 e. The lowest BCUT2D eigenvalue weighted by atomic mass is 9.91. The molecule has 0 aliphatic carbocycles. The second kappa shape index (κ2) is 14.7. The van der Waals surface area contributed by atoms with Crippen LogP contribution in [0.4, 0.5) is 4.39 Å². The lowest BCUT2D eigenvalue weighted by Gasteiger charge is -2.28. The van der Waals surface area contributed by atoms with Gasteiger partial charge in [0, 0.05) is 25.1 Å². The zero-order valence-electron chi connectivity index (χ0n) is 26.2. The van der Waals surface area contributed by atoms with Crippen molar-refractivity contribution in [2.24, 2.45) is 0 Å². The number of carboxylic acid groups (broad SMARTS) is 1. The fourth-order valence-corrected chi connectivity index (χ4v) is 6.26. The number of benzene rings is 4. The second-order valence-electron chi connectivity index (χ2n) is 11.6. The van der Waals surface area contributed by atoms with E-state index in [1.807, 2.05) is 43.3 Å². The van der Waals surface area contributed by atoms with E-state index in [4.69, 9.17) is 9.47 Å². The highest BCUT2D eigenvalue weighted by Gasteiger charge is 2.25. The molecule has 0 spiro atoms. The number of carbonyl (C=O) groups is 2. The van der Waals surface area contributed by atoms with Crippen molar-refractivity contribution >= 4 is 22.6 Å². The third kappa shape index (κ3) is 7.35. The van der Waals surface area contributed by atoms with Gasteiger partial charge in [-0.3, -0.25) is 9.69 Å². The lowest BCUT2D eigenvalue weighted by molar-refractivity contribution is -0.139. The van der Waals surface area contributed by atoms with E-state index in [1.165, 1.54) is 37.0 Å². The van der Waals surface area contributed by atoms with Gasteiger partial charge < -0.3 is 19.9 Å². The van der Waals surface area contributed by atoms with Crippen LogP contribution in [0.5, 0.6) is 5.75 Å². The van der Waals surface area contributed by atoms with Gasteiger partial charge in [-0.1, -0.05) is 55.0 Å². The maximum atomic E-state index is 14.5. The predicted octanol–water partition coefficient (Wildman–Crippen LogP) is 6.91. The van der Waals surface area contributed by atoms with Crippen molar-refractivity contribution in [2.75, 3.05) is 26.8 Å². The molecular formula is C37H41FN2O5. The third-order valence-electron chi connectivity index (χ3n) is 8.61. The normalized spacial score (nSPS) is 14.3. The number of ether oxygens (including phenoxy) is 2. The first-order valence-electron chi connectivity index (χ1n) is 15.6. The van der Waals surface area contributed by atoms with Gasteiger partial charge in [0.05, 0.1) is 19.3 Å². The predicted molar refractivity (Wildman–Crippen MR) is 174 cm³/mol. The molecule has 1 amide bonds. The van der Waals surface area contributed by atoms with Crippen molar-refractivity contribution in [1.82, 2.24) is 10.2 Å². The van der Waals surface area contributed by atoms with Crippen molar-refractivity contribution in [3.8, 4) is 16.9 Å². The molecule has 2 N–H and O–H groups in total. The number of hydrogen-bond acceptors (Lipinski definition) is 5. The average molecular weight is 613 g/mol. The van der Waals surface area contributed by atoms with Crippen LogP contribution in [-0.4, -0.2) is 54.7 Å². The molecule has 1 saturated heterocycles. The number of carboxylic acids is 1. The number of fused-ring (bicyclic) bond motifs is 1. The van der Waals surface area contributed by atoms with E-state index in [-0.39, 0.29) is 12.0 Å². The summed E-state index contributed by atoms with van der Waals surface area (Å²) in [6.07, 6.45) is 3.70. The van der Waals surface area contributed by atoms with E-state index in [0.717, 1.165) is 58.4 Å². The Hall–Kier alpha value is -4.27. The van der Waals surface area contributed by atoms with Crippen LogP contribution in [0.25, 0.3) is 21.9 Å². The Labute approximate surface area is 264 Å². The fraction of sp³-hybridized carbons (Fsp3) is 0.351. The summed E-state index contributed by atoms with van der Waals surface area (Å²) in [5, 5.41) is 14.4. The Morgan fingerprint density at radius 3 is 2.38 bits per heavy atom. The molecule has 1 heterocycles. The van der Waals surface area contributed by atoms with Gasteiger partial charge in [0.1, 0.15) is 17.6 Å². The highest BCUT2D eigenvalue weighted by atomic mass is 19.1. The Balaban J connectivity index is 1.52. The number of halogens is 1. The van der Waals surface area contributed by atoms with Crippen LogP contribution in [0, 0.1) is 12.7 Å². The van der Waals surface area contributed by atoms with Crippen molar-refractivity contribution in [3.63, 3.8) is 0 Å². The van der Waals surface area contributed by atoms with E-state index >= 15 is 0 Å². The molecule has 1 fully saturated rings. The van der Waals surface area contributed by atoms with Gasteiger partial charge >= 0.3 is 5.97 Å². The number of hydrogen-bond donors (Lipinski definition) is 2. The number of carbonyl (C=O) groups excluding carboxylic acids is 1. The monoisotopic (exact) mass is 612 g/mol. The van der Waals surface area contributed by atoms with Gasteiger partial charge in [0.2, 0.25) is 0 Å². The molecule has 236 valence electrons. The molecule has 0 saturated carbocycles. The van der Waals surface area contributed by atoms with Gasteiger partial charge in [0.15, 0.2) is 0 Å². The Morgan fingerprint density at radius 2 is 1.67 bits per heavy atom. The standard InChI is InChI=1S/C37H41FN2O5/c1-4-45-23-27-21-34(44-3)31(19-26(27)22-40-17-6-5-7-18-40)30-15-10-13-28-25(12-9-14-29(28)30)20-33(37(42)43)39-36(41)35-24(2)11-8-16-32(35)38/h8-16,19,21,33H,4-7,17-18,20,22-23H2,1-3H3,(H,39,41)(H,42,43)/t33-/m0/s1. The molecular weight excluding hydrogens is 571 g/mol. The highest BCUT2D eigenvalue weighted by molar-refractivity contribution is 6.01. The Bertz CT molecular complexity index is 1660. The van der Waals surface area contributed by atoms with Gasteiger partial charge in [-0.2, -0.15) is 0 Å². The van der Waals surface area contributed by atoms with E-state index in [2.05, 4.69) is 22.3 Å². The van der Waals surface area contributed by atoms with Crippen molar-refractivity contribution in [2.45, 2.75) is 58.7 Å². The molecule has 0 aromatic heterocycles. The average Bonchev–Trinajstić information content (AvgIpc) is 3.04. The molecule has 4 aromatic rings. The summed E-state index contributed by atoms with van der Waals surface area (Å²) in [7, 11) is 1.67. The Kier molecular flexibility index (Phi) is 10.5. The summed E-state index contributed by atoms with van der Waals surface area (Å²) in [5.41, 5.74) is 5.27. The molecule has 1 aliphatic heterocycles. The molecule has 5 rings (SSSR count). The Morgan fingerprint density at radius 1 is 0.933 bits per heavy atom. The molecule has 0 unspecified atom stereocenters. The third-order valence-corrected chi connectivity index (χ3v) is 8.61. The number of piperidine rings is 1.